The molecule has 0 aliphatic carbocycles. The van der Waals surface area contributed by atoms with E-state index < -0.39 is 0 Å². The van der Waals surface area contributed by atoms with Crippen LogP contribution in [-0.2, 0) is 0 Å². The van der Waals surface area contributed by atoms with Gasteiger partial charge in [0, 0.05) is 11.4 Å². The van der Waals surface area contributed by atoms with Crippen molar-refractivity contribution in [2.45, 2.75) is 11.8 Å². The fourth-order valence-corrected chi connectivity index (χ4v) is 3.80. The summed E-state index contributed by atoms with van der Waals surface area (Å²) in [5, 5.41) is 1.13. The van der Waals surface area contributed by atoms with Crippen LogP contribution in [0.3, 0.4) is 0 Å². The molecule has 0 saturated heterocycles. The summed E-state index contributed by atoms with van der Waals surface area (Å²) >= 11 is 1.72. The lowest BCUT2D eigenvalue weighted by Crippen LogP contribution is -2.16. The van der Waals surface area contributed by atoms with Crippen LogP contribution in [0.2, 0.25) is 0 Å². The molecule has 24 heavy (non-hydrogen) atoms. The average Bonchev–Trinajstić information content (AvgIpc) is 2.98. The minimum absolute atomic E-state index is 0.0622. The Kier molecular flexibility index (Phi) is 5.06. The van der Waals surface area contributed by atoms with Gasteiger partial charge in [-0.1, -0.05) is 42.1 Å². The molecule has 0 aromatic heterocycles. The number of fused-ring (bicyclic) bond motifs is 1. The van der Waals surface area contributed by atoms with Gasteiger partial charge in [0.15, 0.2) is 5.78 Å². The molecule has 1 aliphatic rings. The van der Waals surface area contributed by atoms with Crippen molar-refractivity contribution in [2.24, 2.45) is 0 Å². The van der Waals surface area contributed by atoms with E-state index >= 15 is 0 Å². The van der Waals surface area contributed by atoms with Crippen LogP contribution in [0.25, 0.3) is 0 Å². The van der Waals surface area contributed by atoms with Gasteiger partial charge in [0.05, 0.1) is 23.4 Å². The van der Waals surface area contributed by atoms with Crippen LogP contribution in [0.1, 0.15) is 17.3 Å². The molecule has 1 heterocycles. The number of nitrogens with zero attached hydrogens (tertiary/aromatic N) is 1. The second-order valence-corrected chi connectivity index (χ2v) is 6.30. The fourth-order valence-electron chi connectivity index (χ4n) is 2.66. The highest BCUT2D eigenvalue weighted by Gasteiger charge is 2.22. The Morgan fingerprint density at radius 2 is 1.92 bits per heavy atom. The first-order valence-corrected chi connectivity index (χ1v) is 8.66. The standard InChI is InChI=1S/C20H19NO2S/c1-3-21-16-10-5-7-13-19(16)24-20(21)14-8-11-17(22)15-9-4-6-12-18(15)23-2/h4-14H,3H2,1-2H3/b11-8+,20-14+. The van der Waals surface area contributed by atoms with Crippen LogP contribution in [0.4, 0.5) is 5.69 Å². The zero-order valence-electron chi connectivity index (χ0n) is 13.7. The highest BCUT2D eigenvalue weighted by molar-refractivity contribution is 8.03. The largest absolute Gasteiger partial charge is 0.496 e. The van der Waals surface area contributed by atoms with Gasteiger partial charge in [-0.05, 0) is 43.3 Å². The van der Waals surface area contributed by atoms with E-state index in [0.29, 0.717) is 11.3 Å². The maximum Gasteiger partial charge on any atom is 0.189 e. The van der Waals surface area contributed by atoms with Gasteiger partial charge in [0.1, 0.15) is 5.75 Å². The highest BCUT2D eigenvalue weighted by atomic mass is 32.2. The second-order valence-electron chi connectivity index (χ2n) is 5.24. The van der Waals surface area contributed by atoms with Gasteiger partial charge in [0.25, 0.3) is 0 Å². The Morgan fingerprint density at radius 3 is 2.71 bits per heavy atom. The lowest BCUT2D eigenvalue weighted by molar-refractivity contribution is 0.104. The number of ketones is 1. The topological polar surface area (TPSA) is 29.5 Å². The maximum atomic E-state index is 12.4. The highest BCUT2D eigenvalue weighted by Crippen LogP contribution is 2.45. The number of allylic oxidation sites excluding steroid dienone is 3. The quantitative estimate of drug-likeness (QED) is 0.573. The van der Waals surface area contributed by atoms with Gasteiger partial charge < -0.3 is 9.64 Å². The molecule has 2 aromatic carbocycles. The van der Waals surface area contributed by atoms with Crippen molar-refractivity contribution in [1.29, 1.82) is 0 Å². The van der Waals surface area contributed by atoms with Crippen molar-refractivity contribution >= 4 is 23.2 Å². The molecule has 122 valence electrons. The first kappa shape index (κ1) is 16.4. The van der Waals surface area contributed by atoms with Gasteiger partial charge in [-0.2, -0.15) is 0 Å². The first-order valence-electron chi connectivity index (χ1n) is 7.84. The third-order valence-electron chi connectivity index (χ3n) is 3.81. The normalized spacial score (nSPS) is 15.1. The summed E-state index contributed by atoms with van der Waals surface area (Å²) in [5.41, 5.74) is 1.80. The van der Waals surface area contributed by atoms with Crippen molar-refractivity contribution in [3.05, 3.63) is 77.4 Å². The van der Waals surface area contributed by atoms with Crippen molar-refractivity contribution in [3.63, 3.8) is 0 Å². The predicted octanol–water partition coefficient (Wildman–Crippen LogP) is 4.91. The summed E-state index contributed by atoms with van der Waals surface area (Å²) < 4.78 is 5.24. The lowest BCUT2D eigenvalue weighted by atomic mass is 10.1. The Balaban J connectivity index is 1.78. The Morgan fingerprint density at radius 1 is 1.17 bits per heavy atom. The average molecular weight is 337 g/mol. The summed E-state index contributed by atoms with van der Waals surface area (Å²) in [6.45, 7) is 3.02. The molecule has 3 nitrogen and oxygen atoms in total. The molecule has 0 N–H and O–H groups in total. The zero-order valence-corrected chi connectivity index (χ0v) is 14.5. The van der Waals surface area contributed by atoms with Gasteiger partial charge >= 0.3 is 0 Å². The van der Waals surface area contributed by atoms with E-state index in [0.717, 1.165) is 11.6 Å². The van der Waals surface area contributed by atoms with Crippen LogP contribution < -0.4 is 9.64 Å². The van der Waals surface area contributed by atoms with E-state index in [2.05, 4.69) is 24.0 Å². The summed E-state index contributed by atoms with van der Waals surface area (Å²) in [5.74, 6) is 0.533. The van der Waals surface area contributed by atoms with Gasteiger partial charge in [-0.3, -0.25) is 4.79 Å². The third-order valence-corrected chi connectivity index (χ3v) is 4.94. The monoisotopic (exact) mass is 337 g/mol. The van der Waals surface area contributed by atoms with Crippen molar-refractivity contribution in [2.75, 3.05) is 18.6 Å². The minimum atomic E-state index is -0.0622. The maximum absolute atomic E-state index is 12.4. The van der Waals surface area contributed by atoms with Crippen LogP contribution in [0.15, 0.2) is 76.7 Å². The number of rotatable bonds is 5. The first-order chi connectivity index (χ1) is 11.7. The Labute approximate surface area is 146 Å². The number of ether oxygens (including phenoxy) is 1. The van der Waals surface area contributed by atoms with E-state index in [-0.39, 0.29) is 5.78 Å². The number of methoxy groups -OCH3 is 1. The molecule has 1 aliphatic heterocycles. The van der Waals surface area contributed by atoms with Gasteiger partial charge in [-0.15, -0.1) is 0 Å². The lowest BCUT2D eigenvalue weighted by Gasteiger charge is -2.17. The van der Waals surface area contributed by atoms with Crippen molar-refractivity contribution < 1.29 is 9.53 Å². The van der Waals surface area contributed by atoms with Crippen molar-refractivity contribution in [1.82, 2.24) is 0 Å². The molecule has 2 aromatic rings. The third kappa shape index (κ3) is 3.24. The van der Waals surface area contributed by atoms with Gasteiger partial charge in [-0.25, -0.2) is 0 Å². The number of anilines is 1. The predicted molar refractivity (Wildman–Crippen MR) is 99.9 cm³/mol. The van der Waals surface area contributed by atoms with E-state index in [1.54, 1.807) is 37.1 Å². The number of hydrogen-bond donors (Lipinski definition) is 0. The number of carbonyl (C=O) groups excluding carboxylic acids is 1. The fraction of sp³-hybridized carbons (Fsp3) is 0.150. The Hall–Kier alpha value is -2.46. The molecule has 0 bridgehead atoms. The van der Waals surface area contributed by atoms with Crippen LogP contribution in [0.5, 0.6) is 5.75 Å². The summed E-state index contributed by atoms with van der Waals surface area (Å²) in [6.07, 6.45) is 5.38. The van der Waals surface area contributed by atoms with E-state index in [9.17, 15) is 4.79 Å². The Bertz CT molecular complexity index is 811. The van der Waals surface area contributed by atoms with Crippen LogP contribution in [0, 0.1) is 0 Å². The smallest absolute Gasteiger partial charge is 0.189 e. The van der Waals surface area contributed by atoms with E-state index in [1.165, 1.54) is 10.6 Å². The molecule has 0 atom stereocenters. The number of hydrogen-bond acceptors (Lipinski definition) is 4. The van der Waals surface area contributed by atoms with Crippen molar-refractivity contribution in [3.8, 4) is 5.75 Å². The summed E-state index contributed by atoms with van der Waals surface area (Å²) in [6, 6.07) is 15.6. The van der Waals surface area contributed by atoms with E-state index in [1.807, 2.05) is 36.4 Å². The SMILES string of the molecule is CCN1/C(=C\C=C\C(=O)c2ccccc2OC)Sc2ccccc21. The van der Waals surface area contributed by atoms with E-state index in [4.69, 9.17) is 4.74 Å². The van der Waals surface area contributed by atoms with Crippen LogP contribution in [-0.4, -0.2) is 19.4 Å². The molecule has 0 fully saturated rings. The molecule has 0 saturated carbocycles. The number of benzene rings is 2. The molecule has 0 unspecified atom stereocenters. The number of thioether (sulfide) groups is 1. The molecular formula is C20H19NO2S. The molecule has 3 rings (SSSR count). The summed E-state index contributed by atoms with van der Waals surface area (Å²) in [7, 11) is 1.57. The molecule has 0 spiro atoms. The molecule has 0 radical (unpaired) electrons. The number of para-hydroxylation sites is 2. The summed E-state index contributed by atoms with van der Waals surface area (Å²) in [4.78, 5) is 15.8. The molecule has 0 amide bonds. The molecule has 4 heteroatoms. The zero-order chi connectivity index (χ0) is 16.9. The second kappa shape index (κ2) is 7.41. The molecular weight excluding hydrogens is 318 g/mol. The number of carbonyl (C=O) groups is 1. The van der Waals surface area contributed by atoms with Crippen LogP contribution >= 0.6 is 11.8 Å². The minimum Gasteiger partial charge on any atom is -0.496 e. The van der Waals surface area contributed by atoms with Gasteiger partial charge in [0.2, 0.25) is 0 Å².